The highest BCUT2D eigenvalue weighted by Gasteiger charge is 2.21. The van der Waals surface area contributed by atoms with Gasteiger partial charge >= 0.3 is 5.97 Å². The van der Waals surface area contributed by atoms with Gasteiger partial charge in [0.2, 0.25) is 0 Å². The maximum Gasteiger partial charge on any atom is 0.343 e. The molecule has 30 heavy (non-hydrogen) atoms. The fraction of sp³-hybridized carbons (Fsp3) is 0.240. The standard InChI is InChI=1S/C25H21F3O2/c1-2-15-3-5-16(6-4-15)17-7-9-18(10-8-17)25(29)30-20-11-12-21-19(13-20)14-22(26)24(28)23(21)27/h2,7-16H,1,3-6H2. The van der Waals surface area contributed by atoms with E-state index in [2.05, 4.69) is 6.58 Å². The number of halogens is 3. The Labute approximate surface area is 173 Å². The Hall–Kier alpha value is -3.08. The average Bonchev–Trinajstić information content (AvgIpc) is 2.77. The Morgan fingerprint density at radius 3 is 2.30 bits per heavy atom. The van der Waals surface area contributed by atoms with Crippen LogP contribution in [0.3, 0.4) is 0 Å². The third-order valence-corrected chi connectivity index (χ3v) is 5.88. The highest BCUT2D eigenvalue weighted by molar-refractivity contribution is 5.92. The third kappa shape index (κ3) is 3.97. The molecule has 1 saturated carbocycles. The monoisotopic (exact) mass is 410 g/mol. The molecular weight excluding hydrogens is 389 g/mol. The van der Waals surface area contributed by atoms with E-state index in [1.807, 2.05) is 18.2 Å². The van der Waals surface area contributed by atoms with Gasteiger partial charge < -0.3 is 4.74 Å². The van der Waals surface area contributed by atoms with Gasteiger partial charge in [-0.1, -0.05) is 18.2 Å². The maximum absolute atomic E-state index is 13.8. The van der Waals surface area contributed by atoms with Crippen LogP contribution in [0.15, 0.2) is 61.2 Å². The van der Waals surface area contributed by atoms with E-state index in [1.54, 1.807) is 12.1 Å². The first-order valence-corrected chi connectivity index (χ1v) is 9.98. The molecule has 2 nitrogen and oxygen atoms in total. The summed E-state index contributed by atoms with van der Waals surface area (Å²) in [5.74, 6) is -3.44. The lowest BCUT2D eigenvalue weighted by molar-refractivity contribution is 0.0735. The summed E-state index contributed by atoms with van der Waals surface area (Å²) in [7, 11) is 0. The SMILES string of the molecule is C=CC1CCC(c2ccc(C(=O)Oc3ccc4c(F)c(F)c(F)cc4c3)cc2)CC1. The quantitative estimate of drug-likeness (QED) is 0.202. The molecule has 0 aromatic heterocycles. The normalized spacial score (nSPS) is 18.9. The molecule has 3 aromatic carbocycles. The van der Waals surface area contributed by atoms with Crippen LogP contribution in [0.4, 0.5) is 13.2 Å². The van der Waals surface area contributed by atoms with E-state index >= 15 is 0 Å². The topological polar surface area (TPSA) is 26.3 Å². The van der Waals surface area contributed by atoms with Gasteiger partial charge in [-0.15, -0.1) is 6.58 Å². The minimum Gasteiger partial charge on any atom is -0.423 e. The Bertz CT molecular complexity index is 1100. The van der Waals surface area contributed by atoms with Crippen LogP contribution in [0.25, 0.3) is 10.8 Å². The van der Waals surface area contributed by atoms with Crippen LogP contribution in [0.1, 0.15) is 47.5 Å². The summed E-state index contributed by atoms with van der Waals surface area (Å²) in [4.78, 5) is 12.5. The van der Waals surface area contributed by atoms with E-state index in [9.17, 15) is 18.0 Å². The second kappa shape index (κ2) is 8.34. The highest BCUT2D eigenvalue weighted by Crippen LogP contribution is 2.36. The largest absolute Gasteiger partial charge is 0.423 e. The summed E-state index contributed by atoms with van der Waals surface area (Å²) < 4.78 is 46.0. The predicted molar refractivity (Wildman–Crippen MR) is 110 cm³/mol. The molecule has 1 fully saturated rings. The molecule has 0 aliphatic heterocycles. The minimum absolute atomic E-state index is 0.0794. The van der Waals surface area contributed by atoms with Crippen LogP contribution in [-0.2, 0) is 0 Å². The number of fused-ring (bicyclic) bond motifs is 1. The molecule has 154 valence electrons. The lowest BCUT2D eigenvalue weighted by Crippen LogP contribution is -2.12. The van der Waals surface area contributed by atoms with Gasteiger partial charge in [0.25, 0.3) is 0 Å². The van der Waals surface area contributed by atoms with E-state index in [0.717, 1.165) is 31.7 Å². The number of rotatable bonds is 4. The molecule has 4 rings (SSSR count). The van der Waals surface area contributed by atoms with Crippen molar-refractivity contribution in [1.82, 2.24) is 0 Å². The van der Waals surface area contributed by atoms with Crippen molar-refractivity contribution in [3.63, 3.8) is 0 Å². The van der Waals surface area contributed by atoms with Crippen molar-refractivity contribution in [1.29, 1.82) is 0 Å². The van der Waals surface area contributed by atoms with Crippen molar-refractivity contribution >= 4 is 16.7 Å². The van der Waals surface area contributed by atoms with Crippen molar-refractivity contribution in [3.05, 3.63) is 89.8 Å². The Morgan fingerprint density at radius 2 is 1.63 bits per heavy atom. The maximum atomic E-state index is 13.8. The van der Waals surface area contributed by atoms with E-state index in [4.69, 9.17) is 4.74 Å². The number of esters is 1. The molecule has 1 aliphatic rings. The van der Waals surface area contributed by atoms with E-state index in [1.165, 1.54) is 23.8 Å². The second-order valence-electron chi connectivity index (χ2n) is 7.73. The first-order chi connectivity index (χ1) is 14.5. The van der Waals surface area contributed by atoms with Gasteiger partial charge in [0.05, 0.1) is 5.56 Å². The van der Waals surface area contributed by atoms with E-state index in [-0.39, 0.29) is 16.5 Å². The molecule has 3 aromatic rings. The smallest absolute Gasteiger partial charge is 0.343 e. The zero-order valence-corrected chi connectivity index (χ0v) is 16.3. The first-order valence-electron chi connectivity index (χ1n) is 9.98. The number of hydrogen-bond donors (Lipinski definition) is 0. The Morgan fingerprint density at radius 1 is 0.933 bits per heavy atom. The molecule has 5 heteroatoms. The molecule has 0 radical (unpaired) electrons. The second-order valence-corrected chi connectivity index (χ2v) is 7.73. The number of benzene rings is 3. The molecule has 0 atom stereocenters. The van der Waals surface area contributed by atoms with Gasteiger partial charge in [-0.3, -0.25) is 0 Å². The zero-order valence-electron chi connectivity index (χ0n) is 16.3. The van der Waals surface area contributed by atoms with Crippen LogP contribution in [0.2, 0.25) is 0 Å². The lowest BCUT2D eigenvalue weighted by Gasteiger charge is -2.26. The van der Waals surface area contributed by atoms with E-state index < -0.39 is 23.4 Å². The molecule has 0 N–H and O–H groups in total. The molecule has 0 unspecified atom stereocenters. The van der Waals surface area contributed by atoms with Crippen LogP contribution >= 0.6 is 0 Å². The molecule has 0 bridgehead atoms. The zero-order chi connectivity index (χ0) is 21.3. The minimum atomic E-state index is -1.52. The van der Waals surface area contributed by atoms with Crippen LogP contribution < -0.4 is 4.74 Å². The van der Waals surface area contributed by atoms with Gasteiger partial charge in [0, 0.05) is 5.39 Å². The summed E-state index contributed by atoms with van der Waals surface area (Å²) in [6.07, 6.45) is 6.49. The van der Waals surface area contributed by atoms with Crippen molar-refractivity contribution in [3.8, 4) is 5.75 Å². The van der Waals surface area contributed by atoms with Crippen LogP contribution in [0.5, 0.6) is 5.75 Å². The van der Waals surface area contributed by atoms with Crippen LogP contribution in [-0.4, -0.2) is 5.97 Å². The van der Waals surface area contributed by atoms with Gasteiger partial charge in [-0.05, 0) is 84.9 Å². The number of allylic oxidation sites excluding steroid dienone is 1. The Balaban J connectivity index is 1.47. The van der Waals surface area contributed by atoms with Crippen molar-refractivity contribution in [2.45, 2.75) is 31.6 Å². The Kier molecular flexibility index (Phi) is 5.62. The van der Waals surface area contributed by atoms with Gasteiger partial charge in [-0.2, -0.15) is 0 Å². The van der Waals surface area contributed by atoms with Gasteiger partial charge in [0.15, 0.2) is 17.5 Å². The summed E-state index contributed by atoms with van der Waals surface area (Å²) >= 11 is 0. The summed E-state index contributed by atoms with van der Waals surface area (Å²) in [5.41, 5.74) is 1.59. The summed E-state index contributed by atoms with van der Waals surface area (Å²) in [6, 6.07) is 12.2. The number of hydrogen-bond acceptors (Lipinski definition) is 2. The van der Waals surface area contributed by atoms with Crippen molar-refractivity contribution in [2.24, 2.45) is 5.92 Å². The van der Waals surface area contributed by atoms with Crippen LogP contribution in [0, 0.1) is 23.4 Å². The highest BCUT2D eigenvalue weighted by atomic mass is 19.2. The lowest BCUT2D eigenvalue weighted by atomic mass is 9.79. The average molecular weight is 410 g/mol. The summed E-state index contributed by atoms with van der Waals surface area (Å²) in [5, 5.41) is 0.0337. The van der Waals surface area contributed by atoms with E-state index in [0.29, 0.717) is 17.4 Å². The van der Waals surface area contributed by atoms with Crippen molar-refractivity contribution in [2.75, 3.05) is 0 Å². The van der Waals surface area contributed by atoms with Gasteiger partial charge in [-0.25, -0.2) is 18.0 Å². The molecule has 0 saturated heterocycles. The number of carbonyl (C=O) groups is 1. The number of carbonyl (C=O) groups excluding carboxylic acids is 1. The third-order valence-electron chi connectivity index (χ3n) is 5.88. The fourth-order valence-corrected chi connectivity index (χ4v) is 4.09. The first kappa shape index (κ1) is 20.2. The molecule has 0 heterocycles. The molecule has 1 aliphatic carbocycles. The summed E-state index contributed by atoms with van der Waals surface area (Å²) in [6.45, 7) is 3.87. The van der Waals surface area contributed by atoms with Gasteiger partial charge in [0.1, 0.15) is 5.75 Å². The molecule has 0 amide bonds. The molecular formula is C25H21F3O2. The predicted octanol–water partition coefficient (Wildman–Crippen LogP) is 6.94. The molecule has 0 spiro atoms. The number of ether oxygens (including phenoxy) is 1. The fourth-order valence-electron chi connectivity index (χ4n) is 4.09. The van der Waals surface area contributed by atoms with Crippen molar-refractivity contribution < 1.29 is 22.7 Å².